The number of hydrogen-bond acceptors (Lipinski definition) is 4. The molecule has 0 aromatic carbocycles. The molecular formula is C11H21N5. The van der Waals surface area contributed by atoms with E-state index in [2.05, 4.69) is 29.4 Å². The Morgan fingerprint density at radius 2 is 2.12 bits per heavy atom. The van der Waals surface area contributed by atoms with Gasteiger partial charge in [-0.25, -0.2) is 4.68 Å². The number of nitrogens with two attached hydrogens (primary N) is 1. The molecule has 0 saturated heterocycles. The van der Waals surface area contributed by atoms with Crippen molar-refractivity contribution >= 4 is 0 Å². The molecule has 1 aromatic rings. The topological polar surface area (TPSA) is 69.6 Å². The van der Waals surface area contributed by atoms with Crippen molar-refractivity contribution in [3.8, 4) is 0 Å². The summed E-state index contributed by atoms with van der Waals surface area (Å²) in [5, 5.41) is 11.9. The number of tetrazole rings is 1. The van der Waals surface area contributed by atoms with Crippen LogP contribution >= 0.6 is 0 Å². The van der Waals surface area contributed by atoms with Gasteiger partial charge in [-0.15, -0.1) is 5.10 Å². The molecule has 4 atom stereocenters. The van der Waals surface area contributed by atoms with Gasteiger partial charge in [0.1, 0.15) is 0 Å². The van der Waals surface area contributed by atoms with E-state index in [1.54, 1.807) is 0 Å². The minimum absolute atomic E-state index is 0.0977. The maximum atomic E-state index is 5.88. The first-order valence-corrected chi connectivity index (χ1v) is 6.14. The van der Waals surface area contributed by atoms with E-state index < -0.39 is 0 Å². The van der Waals surface area contributed by atoms with E-state index in [0.29, 0.717) is 12.0 Å². The zero-order chi connectivity index (χ0) is 11.7. The minimum Gasteiger partial charge on any atom is -0.322 e. The molecule has 1 aliphatic rings. The number of hydrogen-bond donors (Lipinski definition) is 1. The SMILES string of the molecule is CC(N)c1nnnn1C1CCCC(C)C1C. The summed E-state index contributed by atoms with van der Waals surface area (Å²) in [5.41, 5.74) is 5.88. The average molecular weight is 223 g/mol. The Morgan fingerprint density at radius 1 is 1.38 bits per heavy atom. The molecule has 16 heavy (non-hydrogen) atoms. The molecule has 2 N–H and O–H groups in total. The normalized spacial score (nSPS) is 32.6. The summed E-state index contributed by atoms with van der Waals surface area (Å²) in [6.07, 6.45) is 3.73. The van der Waals surface area contributed by atoms with Crippen molar-refractivity contribution in [2.75, 3.05) is 0 Å². The van der Waals surface area contributed by atoms with Crippen molar-refractivity contribution in [2.45, 2.75) is 52.1 Å². The monoisotopic (exact) mass is 223 g/mol. The largest absolute Gasteiger partial charge is 0.322 e. The van der Waals surface area contributed by atoms with Crippen LogP contribution in [-0.4, -0.2) is 20.2 Å². The third kappa shape index (κ3) is 1.96. The van der Waals surface area contributed by atoms with E-state index in [1.165, 1.54) is 12.8 Å². The molecule has 1 fully saturated rings. The summed E-state index contributed by atoms with van der Waals surface area (Å²) in [7, 11) is 0. The zero-order valence-corrected chi connectivity index (χ0v) is 10.3. The lowest BCUT2D eigenvalue weighted by Gasteiger charge is -2.34. The highest BCUT2D eigenvalue weighted by Crippen LogP contribution is 2.37. The summed E-state index contributed by atoms with van der Waals surface area (Å²) in [6, 6.07) is 0.319. The van der Waals surface area contributed by atoms with Crippen LogP contribution < -0.4 is 5.73 Å². The number of rotatable bonds is 2. The lowest BCUT2D eigenvalue weighted by Crippen LogP contribution is -2.30. The van der Waals surface area contributed by atoms with E-state index in [1.807, 2.05) is 11.6 Å². The summed E-state index contributed by atoms with van der Waals surface area (Å²) in [5.74, 6) is 2.17. The van der Waals surface area contributed by atoms with Crippen LogP contribution in [0, 0.1) is 11.8 Å². The summed E-state index contributed by atoms with van der Waals surface area (Å²) >= 11 is 0. The maximum absolute atomic E-state index is 5.88. The van der Waals surface area contributed by atoms with E-state index in [4.69, 9.17) is 5.73 Å². The van der Waals surface area contributed by atoms with Gasteiger partial charge in [0.05, 0.1) is 12.1 Å². The van der Waals surface area contributed by atoms with Gasteiger partial charge in [-0.1, -0.05) is 26.7 Å². The molecule has 0 spiro atoms. The molecule has 1 heterocycles. The van der Waals surface area contributed by atoms with Gasteiger partial charge in [0.2, 0.25) is 0 Å². The van der Waals surface area contributed by atoms with Gasteiger partial charge < -0.3 is 5.73 Å². The summed E-state index contributed by atoms with van der Waals surface area (Å²) in [4.78, 5) is 0. The van der Waals surface area contributed by atoms with E-state index in [0.717, 1.165) is 18.2 Å². The molecule has 90 valence electrons. The third-order valence-electron chi connectivity index (χ3n) is 3.90. The maximum Gasteiger partial charge on any atom is 0.167 e. The molecule has 5 nitrogen and oxygen atoms in total. The smallest absolute Gasteiger partial charge is 0.167 e. The first kappa shape index (κ1) is 11.5. The highest BCUT2D eigenvalue weighted by Gasteiger charge is 2.31. The molecule has 1 saturated carbocycles. The quantitative estimate of drug-likeness (QED) is 0.828. The standard InChI is InChI=1S/C11H21N5/c1-7-5-4-6-10(8(7)2)16-11(9(3)12)13-14-15-16/h7-10H,4-6,12H2,1-3H3. The van der Waals surface area contributed by atoms with Crippen molar-refractivity contribution in [2.24, 2.45) is 17.6 Å². The Labute approximate surface area is 96.4 Å². The molecular weight excluding hydrogens is 202 g/mol. The Kier molecular flexibility index (Phi) is 3.23. The molecule has 0 radical (unpaired) electrons. The molecule has 4 unspecified atom stereocenters. The first-order chi connectivity index (χ1) is 7.61. The molecule has 1 aliphatic carbocycles. The fourth-order valence-corrected chi connectivity index (χ4v) is 2.64. The first-order valence-electron chi connectivity index (χ1n) is 6.14. The summed E-state index contributed by atoms with van der Waals surface area (Å²) < 4.78 is 1.95. The van der Waals surface area contributed by atoms with Crippen molar-refractivity contribution in [1.29, 1.82) is 0 Å². The van der Waals surface area contributed by atoms with E-state index in [9.17, 15) is 0 Å². The van der Waals surface area contributed by atoms with E-state index >= 15 is 0 Å². The van der Waals surface area contributed by atoms with Gasteiger partial charge in [0.25, 0.3) is 0 Å². The average Bonchev–Trinajstić information content (AvgIpc) is 2.70. The van der Waals surface area contributed by atoms with Gasteiger partial charge in [0, 0.05) is 0 Å². The molecule has 5 heteroatoms. The van der Waals surface area contributed by atoms with Crippen molar-refractivity contribution in [3.05, 3.63) is 5.82 Å². The number of nitrogens with zero attached hydrogens (tertiary/aromatic N) is 4. The predicted molar refractivity (Wildman–Crippen MR) is 61.6 cm³/mol. The van der Waals surface area contributed by atoms with Crippen LogP contribution in [0.25, 0.3) is 0 Å². The minimum atomic E-state index is -0.0977. The van der Waals surface area contributed by atoms with Crippen molar-refractivity contribution in [1.82, 2.24) is 20.2 Å². The molecule has 0 bridgehead atoms. The molecule has 2 rings (SSSR count). The third-order valence-corrected chi connectivity index (χ3v) is 3.90. The highest BCUT2D eigenvalue weighted by atomic mass is 15.6. The van der Waals surface area contributed by atoms with Crippen molar-refractivity contribution < 1.29 is 0 Å². The highest BCUT2D eigenvalue weighted by molar-refractivity contribution is 4.93. The number of aromatic nitrogens is 4. The van der Waals surface area contributed by atoms with Crippen LogP contribution in [-0.2, 0) is 0 Å². The fourth-order valence-electron chi connectivity index (χ4n) is 2.64. The predicted octanol–water partition coefficient (Wildman–Crippen LogP) is 1.69. The Hall–Kier alpha value is -0.970. The second kappa shape index (κ2) is 4.49. The van der Waals surface area contributed by atoms with Gasteiger partial charge in [-0.3, -0.25) is 0 Å². The van der Waals surface area contributed by atoms with E-state index in [-0.39, 0.29) is 6.04 Å². The molecule has 0 aliphatic heterocycles. The van der Waals surface area contributed by atoms with Crippen LogP contribution in [0.1, 0.15) is 57.9 Å². The van der Waals surface area contributed by atoms with Crippen molar-refractivity contribution in [3.63, 3.8) is 0 Å². The van der Waals surface area contributed by atoms with Gasteiger partial charge in [0.15, 0.2) is 5.82 Å². The van der Waals surface area contributed by atoms with Crippen LogP contribution in [0.3, 0.4) is 0 Å². The lowest BCUT2D eigenvalue weighted by atomic mass is 9.78. The van der Waals surface area contributed by atoms with Crippen LogP contribution in [0.2, 0.25) is 0 Å². The Morgan fingerprint density at radius 3 is 2.81 bits per heavy atom. The molecule has 0 amide bonds. The molecule has 1 aromatic heterocycles. The van der Waals surface area contributed by atoms with Crippen LogP contribution in [0.4, 0.5) is 0 Å². The second-order valence-electron chi connectivity index (χ2n) is 5.10. The lowest BCUT2D eigenvalue weighted by molar-refractivity contribution is 0.168. The second-order valence-corrected chi connectivity index (χ2v) is 5.10. The fraction of sp³-hybridized carbons (Fsp3) is 0.909. The Bertz CT molecular complexity index is 346. The summed E-state index contributed by atoms with van der Waals surface area (Å²) in [6.45, 7) is 6.53. The van der Waals surface area contributed by atoms with Crippen LogP contribution in [0.5, 0.6) is 0 Å². The van der Waals surface area contributed by atoms with Gasteiger partial charge >= 0.3 is 0 Å². The Balaban J connectivity index is 2.25. The zero-order valence-electron chi connectivity index (χ0n) is 10.3. The van der Waals surface area contributed by atoms with Crippen LogP contribution in [0.15, 0.2) is 0 Å². The van der Waals surface area contributed by atoms with Gasteiger partial charge in [-0.05, 0) is 35.6 Å². The van der Waals surface area contributed by atoms with Gasteiger partial charge in [-0.2, -0.15) is 0 Å².